The number of benzene rings is 1. The Kier molecular flexibility index (Phi) is 5.48. The molecule has 0 unspecified atom stereocenters. The van der Waals surface area contributed by atoms with Crippen molar-refractivity contribution in [2.45, 2.75) is 18.8 Å². The van der Waals surface area contributed by atoms with Crippen molar-refractivity contribution < 1.29 is 0 Å². The number of thiophene rings is 1. The average Bonchev–Trinajstić information content (AvgIpc) is 3.47. The highest BCUT2D eigenvalue weighted by molar-refractivity contribution is 7.13. The monoisotopic (exact) mass is 488 g/mol. The summed E-state index contributed by atoms with van der Waals surface area (Å²) in [6.07, 6.45) is 8.08. The Morgan fingerprint density at radius 3 is 2.85 bits per heavy atom. The second kappa shape index (κ2) is 8.65. The minimum Gasteiger partial charge on any atom is -0.337 e. The third-order valence-electron chi connectivity index (χ3n) is 6.52. The molecule has 1 saturated carbocycles. The van der Waals surface area contributed by atoms with Gasteiger partial charge < -0.3 is 10.2 Å². The van der Waals surface area contributed by atoms with Gasteiger partial charge in [-0.25, -0.2) is 15.0 Å². The predicted octanol–water partition coefficient (Wildman–Crippen LogP) is 6.46. The van der Waals surface area contributed by atoms with Crippen LogP contribution in [0, 0.1) is 5.92 Å². The molecule has 1 aromatic carbocycles. The summed E-state index contributed by atoms with van der Waals surface area (Å²) in [5, 5.41) is 7.14. The van der Waals surface area contributed by atoms with Crippen LogP contribution in [0.25, 0.3) is 27.0 Å². The number of halogens is 1. The van der Waals surface area contributed by atoms with E-state index in [1.165, 1.54) is 12.8 Å². The molecule has 0 atom stereocenters. The summed E-state index contributed by atoms with van der Waals surface area (Å²) in [5.41, 5.74) is 3.58. The molecule has 1 aliphatic carbocycles. The molecule has 4 aromatic heterocycles. The van der Waals surface area contributed by atoms with E-state index in [1.54, 1.807) is 11.3 Å². The highest BCUT2D eigenvalue weighted by Crippen LogP contribution is 2.42. The van der Waals surface area contributed by atoms with Crippen LogP contribution in [0.15, 0.2) is 60.4 Å². The summed E-state index contributed by atoms with van der Waals surface area (Å²) in [6, 6.07) is 12.2. The summed E-state index contributed by atoms with van der Waals surface area (Å²) in [7, 11) is 4.27. The Labute approximate surface area is 207 Å². The number of hydrogen-bond donors (Lipinski definition) is 1. The van der Waals surface area contributed by atoms with Gasteiger partial charge in [-0.1, -0.05) is 23.7 Å². The second-order valence-corrected chi connectivity index (χ2v) is 10.6. The number of rotatable bonds is 6. The average molecular weight is 489 g/mol. The molecule has 8 heteroatoms. The van der Waals surface area contributed by atoms with E-state index in [4.69, 9.17) is 21.6 Å². The lowest BCUT2D eigenvalue weighted by Crippen LogP contribution is -2.32. The maximum Gasteiger partial charge on any atom is 0.156 e. The molecule has 172 valence electrons. The van der Waals surface area contributed by atoms with Crippen LogP contribution in [0.4, 0.5) is 11.5 Å². The quantitative estimate of drug-likeness (QED) is 0.297. The van der Waals surface area contributed by atoms with Crippen molar-refractivity contribution in [2.24, 2.45) is 5.92 Å². The first-order valence-electron chi connectivity index (χ1n) is 11.4. The molecule has 1 fully saturated rings. The topological polar surface area (TPSA) is 58.4 Å². The van der Waals surface area contributed by atoms with Crippen molar-refractivity contribution >= 4 is 50.9 Å². The number of pyridine rings is 1. The van der Waals surface area contributed by atoms with Crippen molar-refractivity contribution in [3.63, 3.8) is 0 Å². The van der Waals surface area contributed by atoms with Gasteiger partial charge >= 0.3 is 0 Å². The van der Waals surface area contributed by atoms with Gasteiger partial charge in [-0.2, -0.15) is 0 Å². The van der Waals surface area contributed by atoms with Crippen molar-refractivity contribution in [1.82, 2.24) is 24.3 Å². The maximum absolute atomic E-state index is 6.65. The molecule has 34 heavy (non-hydrogen) atoms. The SMILES string of the molecule is CN(C)CC1CC(c2ncc3c(Nc4cc5nc(-c6cccs6)ccc5cc4Cl)nccn23)C1. The smallest absolute Gasteiger partial charge is 0.156 e. The molecule has 1 aliphatic rings. The second-order valence-electron chi connectivity index (χ2n) is 9.27. The zero-order chi connectivity index (χ0) is 23.2. The summed E-state index contributed by atoms with van der Waals surface area (Å²) in [4.78, 5) is 17.6. The van der Waals surface area contributed by atoms with E-state index in [0.29, 0.717) is 10.9 Å². The van der Waals surface area contributed by atoms with Crippen LogP contribution < -0.4 is 5.32 Å². The normalized spacial score (nSPS) is 18.0. The molecular weight excluding hydrogens is 464 g/mol. The largest absolute Gasteiger partial charge is 0.337 e. The lowest BCUT2D eigenvalue weighted by molar-refractivity contribution is 0.194. The number of imidazole rings is 1. The lowest BCUT2D eigenvalue weighted by atomic mass is 9.74. The minimum absolute atomic E-state index is 0.492. The van der Waals surface area contributed by atoms with E-state index < -0.39 is 0 Å². The van der Waals surface area contributed by atoms with Crippen LogP contribution in [0.3, 0.4) is 0 Å². The zero-order valence-electron chi connectivity index (χ0n) is 19.1. The Morgan fingerprint density at radius 1 is 1.18 bits per heavy atom. The van der Waals surface area contributed by atoms with E-state index in [9.17, 15) is 0 Å². The van der Waals surface area contributed by atoms with Crippen LogP contribution in [0.5, 0.6) is 0 Å². The van der Waals surface area contributed by atoms with E-state index in [-0.39, 0.29) is 0 Å². The summed E-state index contributed by atoms with van der Waals surface area (Å²) < 4.78 is 2.16. The molecule has 0 spiro atoms. The van der Waals surface area contributed by atoms with Gasteiger partial charge in [-0.05, 0) is 62.5 Å². The molecular formula is C26H25ClN6S. The number of aromatic nitrogens is 4. The molecule has 4 heterocycles. The van der Waals surface area contributed by atoms with E-state index >= 15 is 0 Å². The fourth-order valence-corrected chi connectivity index (χ4v) is 5.80. The van der Waals surface area contributed by atoms with Crippen LogP contribution in [0.1, 0.15) is 24.6 Å². The molecule has 0 aliphatic heterocycles. The van der Waals surface area contributed by atoms with Gasteiger partial charge in [0.25, 0.3) is 0 Å². The van der Waals surface area contributed by atoms with Crippen LogP contribution in [0.2, 0.25) is 5.02 Å². The van der Waals surface area contributed by atoms with Crippen LogP contribution in [-0.4, -0.2) is 44.9 Å². The fraction of sp³-hybridized carbons (Fsp3) is 0.269. The zero-order valence-corrected chi connectivity index (χ0v) is 20.6. The van der Waals surface area contributed by atoms with Gasteiger partial charge in [-0.15, -0.1) is 11.3 Å². The molecule has 5 aromatic rings. The summed E-state index contributed by atoms with van der Waals surface area (Å²) in [5.74, 6) is 3.09. The first kappa shape index (κ1) is 21.5. The van der Waals surface area contributed by atoms with Crippen molar-refractivity contribution in [3.8, 4) is 10.6 Å². The van der Waals surface area contributed by atoms with Gasteiger partial charge in [0.2, 0.25) is 0 Å². The van der Waals surface area contributed by atoms with Crippen molar-refractivity contribution in [2.75, 3.05) is 26.0 Å². The van der Waals surface area contributed by atoms with Gasteiger partial charge in [0, 0.05) is 30.2 Å². The summed E-state index contributed by atoms with van der Waals surface area (Å²) in [6.45, 7) is 1.14. The van der Waals surface area contributed by atoms with Crippen LogP contribution in [-0.2, 0) is 0 Å². The minimum atomic E-state index is 0.492. The van der Waals surface area contributed by atoms with Gasteiger partial charge in [0.15, 0.2) is 5.82 Å². The molecule has 6 rings (SSSR count). The lowest BCUT2D eigenvalue weighted by Gasteiger charge is -2.36. The van der Waals surface area contributed by atoms with E-state index in [1.807, 2.05) is 42.9 Å². The standard InChI is InChI=1S/C26H25ClN6S/c1-32(2)15-16-10-18(11-16)26-29-14-23-25(28-7-8-33(23)26)31-22-13-21-17(12-19(22)27)5-6-20(30-21)24-4-3-9-34-24/h3-9,12-14,16,18H,10-11,15H2,1-2H3,(H,28,31). The fourth-order valence-electron chi connectivity index (χ4n) is 4.89. The predicted molar refractivity (Wildman–Crippen MR) is 140 cm³/mol. The Hall–Kier alpha value is -3.00. The van der Waals surface area contributed by atoms with Crippen molar-refractivity contribution in [3.05, 3.63) is 71.2 Å². The molecule has 0 bridgehead atoms. The van der Waals surface area contributed by atoms with Crippen LogP contribution >= 0.6 is 22.9 Å². The number of anilines is 2. The van der Waals surface area contributed by atoms with Crippen molar-refractivity contribution in [1.29, 1.82) is 0 Å². The third kappa shape index (κ3) is 3.94. The highest BCUT2D eigenvalue weighted by Gasteiger charge is 2.33. The molecule has 0 radical (unpaired) electrons. The third-order valence-corrected chi connectivity index (χ3v) is 7.72. The highest BCUT2D eigenvalue weighted by atomic mass is 35.5. The Balaban J connectivity index is 1.30. The Morgan fingerprint density at radius 2 is 2.06 bits per heavy atom. The van der Waals surface area contributed by atoms with E-state index in [2.05, 4.69) is 51.2 Å². The van der Waals surface area contributed by atoms with E-state index in [0.717, 1.165) is 56.8 Å². The molecule has 0 amide bonds. The Bertz CT molecular complexity index is 1470. The van der Waals surface area contributed by atoms with Gasteiger partial charge in [0.05, 0.1) is 33.0 Å². The molecule has 0 saturated heterocycles. The van der Waals surface area contributed by atoms with Gasteiger partial charge in [-0.3, -0.25) is 4.40 Å². The molecule has 6 nitrogen and oxygen atoms in total. The first-order chi connectivity index (χ1) is 16.5. The van der Waals surface area contributed by atoms with Gasteiger partial charge in [0.1, 0.15) is 11.3 Å². The first-order valence-corrected chi connectivity index (χ1v) is 12.7. The number of nitrogens with zero attached hydrogens (tertiary/aromatic N) is 5. The summed E-state index contributed by atoms with van der Waals surface area (Å²) >= 11 is 8.33. The maximum atomic E-state index is 6.65. The number of fused-ring (bicyclic) bond motifs is 2. The number of hydrogen-bond acceptors (Lipinski definition) is 6. The number of nitrogens with one attached hydrogen (secondary N) is 1. The molecule has 1 N–H and O–H groups in total.